The standard InChI is InChI=1S/C25H22ClN3O4/c26-22-10-5-4-9-21(22)25(32)33-20-14-12-18(13-15-20)17-28-29-23(30)11-6-16-27-24(31)19-7-2-1-3-8-19/h1-5,7-10,12-15,17H,6,11,16H2,(H,27,31)(H,29,30)/b28-17+. The Kier molecular flexibility index (Phi) is 8.73. The van der Waals surface area contributed by atoms with E-state index in [2.05, 4.69) is 15.8 Å². The van der Waals surface area contributed by atoms with Crippen LogP contribution < -0.4 is 15.5 Å². The number of hydrogen-bond acceptors (Lipinski definition) is 5. The van der Waals surface area contributed by atoms with Crippen molar-refractivity contribution in [3.8, 4) is 5.75 Å². The monoisotopic (exact) mass is 463 g/mol. The number of carbonyl (C=O) groups excluding carboxylic acids is 3. The lowest BCUT2D eigenvalue weighted by molar-refractivity contribution is -0.121. The number of nitrogens with one attached hydrogen (secondary N) is 2. The molecule has 0 aliphatic heterocycles. The lowest BCUT2D eigenvalue weighted by atomic mass is 10.2. The van der Waals surface area contributed by atoms with Gasteiger partial charge in [-0.25, -0.2) is 10.2 Å². The quantitative estimate of drug-likeness (QED) is 0.163. The Labute approximate surface area is 196 Å². The smallest absolute Gasteiger partial charge is 0.345 e. The van der Waals surface area contributed by atoms with Crippen LogP contribution in [0.2, 0.25) is 5.02 Å². The van der Waals surface area contributed by atoms with Crippen molar-refractivity contribution in [2.75, 3.05) is 6.54 Å². The highest BCUT2D eigenvalue weighted by molar-refractivity contribution is 6.33. The molecular formula is C25H22ClN3O4. The van der Waals surface area contributed by atoms with Crippen LogP contribution in [0.3, 0.4) is 0 Å². The van der Waals surface area contributed by atoms with E-state index >= 15 is 0 Å². The third-order valence-corrected chi connectivity index (χ3v) is 4.82. The molecule has 3 rings (SSSR count). The highest BCUT2D eigenvalue weighted by Gasteiger charge is 2.12. The molecule has 0 aliphatic rings. The Balaban J connectivity index is 1.37. The molecule has 3 aromatic rings. The fraction of sp³-hybridized carbons (Fsp3) is 0.120. The number of rotatable bonds is 9. The summed E-state index contributed by atoms with van der Waals surface area (Å²) >= 11 is 6.00. The molecule has 0 bridgehead atoms. The van der Waals surface area contributed by atoms with Crippen molar-refractivity contribution in [1.82, 2.24) is 10.7 Å². The maximum Gasteiger partial charge on any atom is 0.345 e. The van der Waals surface area contributed by atoms with Gasteiger partial charge in [-0.2, -0.15) is 5.10 Å². The zero-order valence-electron chi connectivity index (χ0n) is 17.7. The van der Waals surface area contributed by atoms with Gasteiger partial charge in [0.2, 0.25) is 5.91 Å². The van der Waals surface area contributed by atoms with Crippen molar-refractivity contribution in [3.63, 3.8) is 0 Å². The molecule has 8 heteroatoms. The van der Waals surface area contributed by atoms with E-state index in [1.54, 1.807) is 72.8 Å². The van der Waals surface area contributed by atoms with Gasteiger partial charge in [0.15, 0.2) is 0 Å². The van der Waals surface area contributed by atoms with Crippen molar-refractivity contribution < 1.29 is 19.1 Å². The number of ether oxygens (including phenoxy) is 1. The summed E-state index contributed by atoms with van der Waals surface area (Å²) in [5.41, 5.74) is 4.02. The molecule has 0 unspecified atom stereocenters. The fourth-order valence-electron chi connectivity index (χ4n) is 2.79. The number of esters is 1. The molecule has 0 atom stereocenters. The maximum atomic E-state index is 12.2. The Morgan fingerprint density at radius 2 is 1.61 bits per heavy atom. The van der Waals surface area contributed by atoms with E-state index < -0.39 is 5.97 Å². The van der Waals surface area contributed by atoms with Crippen molar-refractivity contribution in [2.24, 2.45) is 5.10 Å². The molecule has 2 amide bonds. The number of benzene rings is 3. The maximum absolute atomic E-state index is 12.2. The summed E-state index contributed by atoms with van der Waals surface area (Å²) in [7, 11) is 0. The van der Waals surface area contributed by atoms with Crippen LogP contribution in [0.15, 0.2) is 84.0 Å². The summed E-state index contributed by atoms with van der Waals surface area (Å²) in [4.78, 5) is 36.0. The molecule has 0 saturated heterocycles. The number of nitrogens with zero attached hydrogens (tertiary/aromatic N) is 1. The van der Waals surface area contributed by atoms with Crippen molar-refractivity contribution in [2.45, 2.75) is 12.8 Å². The molecule has 168 valence electrons. The van der Waals surface area contributed by atoms with Gasteiger partial charge in [-0.05, 0) is 60.5 Å². The molecule has 0 aromatic heterocycles. The van der Waals surface area contributed by atoms with Crippen LogP contribution in [0.4, 0.5) is 0 Å². The lowest BCUT2D eigenvalue weighted by Crippen LogP contribution is -2.26. The van der Waals surface area contributed by atoms with Crippen LogP contribution in [0.25, 0.3) is 0 Å². The number of carbonyl (C=O) groups is 3. The van der Waals surface area contributed by atoms with E-state index in [0.29, 0.717) is 34.9 Å². The van der Waals surface area contributed by atoms with E-state index in [4.69, 9.17) is 16.3 Å². The summed E-state index contributed by atoms with van der Waals surface area (Å²) < 4.78 is 5.31. The van der Waals surface area contributed by atoms with E-state index in [1.807, 2.05) is 6.07 Å². The molecule has 0 aliphatic carbocycles. The largest absolute Gasteiger partial charge is 0.423 e. The van der Waals surface area contributed by atoms with Gasteiger partial charge in [0.1, 0.15) is 5.75 Å². The Morgan fingerprint density at radius 1 is 0.909 bits per heavy atom. The van der Waals surface area contributed by atoms with Gasteiger partial charge in [-0.1, -0.05) is 41.9 Å². The fourth-order valence-corrected chi connectivity index (χ4v) is 3.00. The normalized spacial score (nSPS) is 10.6. The predicted molar refractivity (Wildman–Crippen MR) is 127 cm³/mol. The molecular weight excluding hydrogens is 442 g/mol. The topological polar surface area (TPSA) is 96.9 Å². The average molecular weight is 464 g/mol. The van der Waals surface area contributed by atoms with Crippen molar-refractivity contribution in [1.29, 1.82) is 0 Å². The van der Waals surface area contributed by atoms with Crippen LogP contribution in [0.1, 0.15) is 39.1 Å². The third-order valence-electron chi connectivity index (χ3n) is 4.49. The van der Waals surface area contributed by atoms with Crippen molar-refractivity contribution in [3.05, 3.63) is 101 Å². The summed E-state index contributed by atoms with van der Waals surface area (Å²) in [5, 5.41) is 7.00. The van der Waals surface area contributed by atoms with E-state index in [-0.39, 0.29) is 23.8 Å². The second-order valence-corrected chi connectivity index (χ2v) is 7.36. The van der Waals surface area contributed by atoms with Gasteiger partial charge < -0.3 is 10.1 Å². The molecule has 0 heterocycles. The van der Waals surface area contributed by atoms with Crippen LogP contribution in [0, 0.1) is 0 Å². The van der Waals surface area contributed by atoms with Gasteiger partial charge in [0.25, 0.3) is 5.91 Å². The molecule has 3 aromatic carbocycles. The number of halogens is 1. The molecule has 7 nitrogen and oxygen atoms in total. The highest BCUT2D eigenvalue weighted by Crippen LogP contribution is 2.18. The Morgan fingerprint density at radius 3 is 2.33 bits per heavy atom. The first-order chi connectivity index (χ1) is 16.0. The van der Waals surface area contributed by atoms with Crippen LogP contribution >= 0.6 is 11.6 Å². The van der Waals surface area contributed by atoms with Gasteiger partial charge in [-0.15, -0.1) is 0 Å². The summed E-state index contributed by atoms with van der Waals surface area (Å²) in [6.45, 7) is 0.388. The lowest BCUT2D eigenvalue weighted by Gasteiger charge is -2.06. The van der Waals surface area contributed by atoms with Crippen LogP contribution in [0.5, 0.6) is 5.75 Å². The minimum absolute atomic E-state index is 0.171. The second kappa shape index (κ2) is 12.2. The van der Waals surface area contributed by atoms with Crippen LogP contribution in [-0.4, -0.2) is 30.5 Å². The van der Waals surface area contributed by atoms with Gasteiger partial charge in [0, 0.05) is 18.5 Å². The minimum Gasteiger partial charge on any atom is -0.423 e. The summed E-state index contributed by atoms with van der Waals surface area (Å²) in [6, 6.07) is 22.2. The minimum atomic E-state index is -0.547. The number of hydrogen-bond donors (Lipinski definition) is 2. The van der Waals surface area contributed by atoms with E-state index in [9.17, 15) is 14.4 Å². The first-order valence-electron chi connectivity index (χ1n) is 10.2. The Hall–Kier alpha value is -3.97. The number of amides is 2. The average Bonchev–Trinajstić information content (AvgIpc) is 2.83. The van der Waals surface area contributed by atoms with Gasteiger partial charge in [0.05, 0.1) is 16.8 Å². The molecule has 0 spiro atoms. The number of hydrazone groups is 1. The second-order valence-electron chi connectivity index (χ2n) is 6.96. The zero-order valence-corrected chi connectivity index (χ0v) is 18.4. The predicted octanol–water partition coefficient (Wildman–Crippen LogP) is 4.22. The summed E-state index contributed by atoms with van der Waals surface area (Å²) in [6.07, 6.45) is 2.20. The van der Waals surface area contributed by atoms with E-state index in [1.165, 1.54) is 6.21 Å². The summed E-state index contributed by atoms with van der Waals surface area (Å²) in [5.74, 6) is -0.617. The highest BCUT2D eigenvalue weighted by atomic mass is 35.5. The first-order valence-corrected chi connectivity index (χ1v) is 10.6. The molecule has 33 heavy (non-hydrogen) atoms. The van der Waals surface area contributed by atoms with Crippen molar-refractivity contribution >= 4 is 35.6 Å². The SMILES string of the molecule is O=C(CCCNC(=O)c1ccccc1)N/N=C/c1ccc(OC(=O)c2ccccc2Cl)cc1. The first kappa shape index (κ1) is 23.7. The zero-order chi connectivity index (χ0) is 23.5. The third kappa shape index (κ3) is 7.59. The van der Waals surface area contributed by atoms with Gasteiger partial charge >= 0.3 is 5.97 Å². The Bertz CT molecular complexity index is 1130. The molecule has 0 fully saturated rings. The molecule has 0 radical (unpaired) electrons. The van der Waals surface area contributed by atoms with E-state index in [0.717, 1.165) is 0 Å². The van der Waals surface area contributed by atoms with Gasteiger partial charge in [-0.3, -0.25) is 9.59 Å². The van der Waals surface area contributed by atoms with Crippen LogP contribution in [-0.2, 0) is 4.79 Å². The molecule has 0 saturated carbocycles. The molecule has 2 N–H and O–H groups in total.